The minimum absolute atomic E-state index is 0.207. The van der Waals surface area contributed by atoms with Crippen LogP contribution >= 0.6 is 23.1 Å². The highest BCUT2D eigenvalue weighted by atomic mass is 32.2. The maximum absolute atomic E-state index is 6.08. The van der Waals surface area contributed by atoms with E-state index in [1.165, 1.54) is 5.56 Å². The van der Waals surface area contributed by atoms with Crippen molar-refractivity contribution >= 4 is 23.1 Å². The molecule has 0 saturated heterocycles. The third-order valence-electron chi connectivity index (χ3n) is 5.40. The first-order chi connectivity index (χ1) is 16.1. The Hall–Kier alpha value is -3.04. The lowest BCUT2D eigenvalue weighted by Crippen LogP contribution is -2.10. The average Bonchev–Trinajstić information content (AvgIpc) is 3.57. The number of aromatic nitrogens is 4. The van der Waals surface area contributed by atoms with Gasteiger partial charge in [-0.1, -0.05) is 30.8 Å². The van der Waals surface area contributed by atoms with Gasteiger partial charge in [-0.3, -0.25) is 0 Å². The van der Waals surface area contributed by atoms with E-state index < -0.39 is 0 Å². The highest BCUT2D eigenvalue weighted by Crippen LogP contribution is 2.37. The number of fused-ring (bicyclic) bond motifs is 1. The molecule has 1 unspecified atom stereocenters. The minimum atomic E-state index is -0.207. The summed E-state index contributed by atoms with van der Waals surface area (Å²) in [6.07, 6.45) is 0.804. The van der Waals surface area contributed by atoms with E-state index in [0.717, 1.165) is 50.9 Å². The molecule has 0 N–H and O–H groups in total. The average molecular weight is 481 g/mol. The maximum Gasteiger partial charge on any atom is 0.231 e. The van der Waals surface area contributed by atoms with Crippen LogP contribution in [0.15, 0.2) is 53.0 Å². The zero-order valence-corrected chi connectivity index (χ0v) is 20.3. The number of thioether (sulfide) groups is 1. The van der Waals surface area contributed by atoms with Crippen LogP contribution in [-0.4, -0.2) is 26.5 Å². The highest BCUT2D eigenvalue weighted by Gasteiger charge is 2.18. The van der Waals surface area contributed by atoms with E-state index in [2.05, 4.69) is 34.6 Å². The molecular formula is C24H24N4O3S2. The molecule has 0 radical (unpaired) electrons. The van der Waals surface area contributed by atoms with Gasteiger partial charge in [0.05, 0.1) is 5.69 Å². The molecular weight excluding hydrogens is 456 g/mol. The van der Waals surface area contributed by atoms with Crippen LogP contribution in [0.25, 0.3) is 10.6 Å². The molecule has 0 fully saturated rings. The third-order valence-corrected chi connectivity index (χ3v) is 7.39. The Morgan fingerprint density at radius 2 is 1.94 bits per heavy atom. The molecule has 2 aromatic carbocycles. The number of hydrogen-bond acceptors (Lipinski definition) is 8. The molecule has 0 bridgehead atoms. The predicted molar refractivity (Wildman–Crippen MR) is 129 cm³/mol. The van der Waals surface area contributed by atoms with Crippen molar-refractivity contribution in [3.05, 3.63) is 64.9 Å². The topological polar surface area (TPSA) is 71.3 Å². The van der Waals surface area contributed by atoms with Gasteiger partial charge in [-0.2, -0.15) is 0 Å². The zero-order chi connectivity index (χ0) is 22.8. The summed E-state index contributed by atoms with van der Waals surface area (Å²) in [5.41, 5.74) is 3.32. The number of ether oxygens (including phenoxy) is 3. The van der Waals surface area contributed by atoms with Crippen LogP contribution in [0.3, 0.4) is 0 Å². The molecule has 9 heteroatoms. The highest BCUT2D eigenvalue weighted by molar-refractivity contribution is 7.98. The van der Waals surface area contributed by atoms with Gasteiger partial charge in [-0.05, 0) is 49.2 Å². The fourth-order valence-corrected chi connectivity index (χ4v) is 5.27. The summed E-state index contributed by atoms with van der Waals surface area (Å²) in [7, 11) is 1.97. The second kappa shape index (κ2) is 9.44. The number of thiazole rings is 1. The van der Waals surface area contributed by atoms with E-state index in [1.54, 1.807) is 23.1 Å². The molecule has 7 nitrogen and oxygen atoms in total. The molecule has 0 aliphatic carbocycles. The first-order valence-corrected chi connectivity index (χ1v) is 12.6. The van der Waals surface area contributed by atoms with Crippen LogP contribution in [0.5, 0.6) is 17.2 Å². The summed E-state index contributed by atoms with van der Waals surface area (Å²) in [5, 5.41) is 12.6. The monoisotopic (exact) mass is 480 g/mol. The van der Waals surface area contributed by atoms with Gasteiger partial charge in [0, 0.05) is 23.7 Å². The quantitative estimate of drug-likeness (QED) is 0.301. The molecule has 1 aliphatic heterocycles. The van der Waals surface area contributed by atoms with Crippen molar-refractivity contribution in [2.45, 2.75) is 37.3 Å². The van der Waals surface area contributed by atoms with Crippen molar-refractivity contribution in [2.24, 2.45) is 7.05 Å². The first-order valence-electron chi connectivity index (χ1n) is 10.7. The number of aryl methyl sites for hydroxylation is 1. The smallest absolute Gasteiger partial charge is 0.231 e. The van der Waals surface area contributed by atoms with Gasteiger partial charge in [0.25, 0.3) is 0 Å². The summed E-state index contributed by atoms with van der Waals surface area (Å²) in [6, 6.07) is 14.1. The van der Waals surface area contributed by atoms with Gasteiger partial charge >= 0.3 is 0 Å². The van der Waals surface area contributed by atoms with E-state index >= 15 is 0 Å². The number of nitrogens with zero attached hydrogens (tertiary/aromatic N) is 4. The fourth-order valence-electron chi connectivity index (χ4n) is 3.54. The Labute approximate surface area is 200 Å². The Balaban J connectivity index is 1.22. The SMILES string of the molecule is CCc1ccc(OC(C)c2nnc(SCc3csc(-c4ccc5c(c4)OCO5)n3)n2C)cc1. The summed E-state index contributed by atoms with van der Waals surface area (Å²) < 4.78 is 18.9. The Bertz CT molecular complexity index is 1250. The van der Waals surface area contributed by atoms with E-state index in [1.807, 2.05) is 48.9 Å². The minimum Gasteiger partial charge on any atom is -0.483 e. The van der Waals surface area contributed by atoms with Crippen LogP contribution in [0, 0.1) is 0 Å². The van der Waals surface area contributed by atoms with Crippen LogP contribution in [-0.2, 0) is 19.2 Å². The number of hydrogen-bond donors (Lipinski definition) is 0. The van der Waals surface area contributed by atoms with E-state index in [0.29, 0.717) is 5.75 Å². The van der Waals surface area contributed by atoms with Crippen LogP contribution in [0.2, 0.25) is 0 Å². The van der Waals surface area contributed by atoms with Crippen LogP contribution in [0.1, 0.15) is 37.0 Å². The Morgan fingerprint density at radius 3 is 2.76 bits per heavy atom. The lowest BCUT2D eigenvalue weighted by atomic mass is 10.2. The van der Waals surface area contributed by atoms with Gasteiger partial charge < -0.3 is 18.8 Å². The Kier molecular flexibility index (Phi) is 6.24. The third kappa shape index (κ3) is 4.69. The van der Waals surface area contributed by atoms with Gasteiger partial charge in [0.15, 0.2) is 28.6 Å². The van der Waals surface area contributed by atoms with E-state index in [4.69, 9.17) is 19.2 Å². The van der Waals surface area contributed by atoms with E-state index in [-0.39, 0.29) is 12.9 Å². The molecule has 3 heterocycles. The van der Waals surface area contributed by atoms with Crippen molar-refractivity contribution in [1.82, 2.24) is 19.7 Å². The van der Waals surface area contributed by atoms with Crippen molar-refractivity contribution in [2.75, 3.05) is 6.79 Å². The van der Waals surface area contributed by atoms with Gasteiger partial charge in [-0.25, -0.2) is 4.98 Å². The predicted octanol–water partition coefficient (Wildman–Crippen LogP) is 5.66. The first kappa shape index (κ1) is 21.8. The van der Waals surface area contributed by atoms with Gasteiger partial charge in [0.2, 0.25) is 6.79 Å². The van der Waals surface area contributed by atoms with Crippen molar-refractivity contribution in [3.63, 3.8) is 0 Å². The second-order valence-corrected chi connectivity index (χ2v) is 9.46. The lowest BCUT2D eigenvalue weighted by molar-refractivity contribution is 0.174. The van der Waals surface area contributed by atoms with E-state index in [9.17, 15) is 0 Å². The maximum atomic E-state index is 6.08. The lowest BCUT2D eigenvalue weighted by Gasteiger charge is -2.14. The molecule has 0 saturated carbocycles. The molecule has 5 rings (SSSR count). The summed E-state index contributed by atoms with van der Waals surface area (Å²) in [4.78, 5) is 4.78. The molecule has 33 heavy (non-hydrogen) atoms. The van der Waals surface area contributed by atoms with Crippen molar-refractivity contribution in [3.8, 4) is 27.8 Å². The van der Waals surface area contributed by atoms with Crippen molar-refractivity contribution in [1.29, 1.82) is 0 Å². The van der Waals surface area contributed by atoms with Crippen LogP contribution in [0.4, 0.5) is 0 Å². The normalized spacial score (nSPS) is 13.3. The molecule has 0 spiro atoms. The number of rotatable bonds is 8. The standard InChI is InChI=1S/C24H24N4O3S2/c1-4-16-5-8-19(9-6-16)31-15(2)22-26-27-24(28(22)3)33-13-18-12-32-23(25-18)17-7-10-20-21(11-17)30-14-29-20/h5-12,15H,4,13-14H2,1-3H3. The molecule has 1 aliphatic rings. The molecule has 2 aromatic heterocycles. The van der Waals surface area contributed by atoms with Gasteiger partial charge in [-0.15, -0.1) is 21.5 Å². The molecule has 0 amide bonds. The van der Waals surface area contributed by atoms with Crippen molar-refractivity contribution < 1.29 is 14.2 Å². The number of benzene rings is 2. The van der Waals surface area contributed by atoms with Crippen LogP contribution < -0.4 is 14.2 Å². The second-order valence-electron chi connectivity index (χ2n) is 7.66. The summed E-state index contributed by atoms with van der Waals surface area (Å²) >= 11 is 3.23. The zero-order valence-electron chi connectivity index (χ0n) is 18.6. The molecule has 4 aromatic rings. The Morgan fingerprint density at radius 1 is 1.12 bits per heavy atom. The molecule has 170 valence electrons. The largest absolute Gasteiger partial charge is 0.483 e. The fraction of sp³-hybridized carbons (Fsp3) is 0.292. The van der Waals surface area contributed by atoms with Gasteiger partial charge in [0.1, 0.15) is 10.8 Å². The summed E-state index contributed by atoms with van der Waals surface area (Å²) in [5.74, 6) is 3.87. The molecule has 1 atom stereocenters. The summed E-state index contributed by atoms with van der Waals surface area (Å²) in [6.45, 7) is 4.40.